The molecule has 0 unspecified atom stereocenters. The summed E-state index contributed by atoms with van der Waals surface area (Å²) in [5, 5.41) is 0. The van der Waals surface area contributed by atoms with Crippen LogP contribution in [0, 0.1) is 0 Å². The zero-order valence-corrected chi connectivity index (χ0v) is 9.21. The Hall–Kier alpha value is -1.06. The third kappa shape index (κ3) is 6.46. The molecule has 0 spiro atoms. The maximum absolute atomic E-state index is 10.8. The highest BCUT2D eigenvalue weighted by Gasteiger charge is 2.02. The monoisotopic (exact) mass is 201 g/mol. The fourth-order valence-corrected chi connectivity index (χ4v) is 1.05. The van der Waals surface area contributed by atoms with E-state index in [1.54, 1.807) is 18.9 Å². The number of esters is 1. The minimum absolute atomic E-state index is 0.0815. The predicted molar refractivity (Wildman–Crippen MR) is 53.8 cm³/mol. The van der Waals surface area contributed by atoms with Crippen molar-refractivity contribution < 1.29 is 14.3 Å². The Morgan fingerprint density at radius 1 is 1.21 bits per heavy atom. The van der Waals surface area contributed by atoms with Crippen molar-refractivity contribution in [3.63, 3.8) is 0 Å². The van der Waals surface area contributed by atoms with Crippen LogP contribution in [0.5, 0.6) is 0 Å². The molecule has 0 aromatic rings. The van der Waals surface area contributed by atoms with Crippen molar-refractivity contribution >= 4 is 11.9 Å². The average Bonchev–Trinajstić information content (AvgIpc) is 2.16. The summed E-state index contributed by atoms with van der Waals surface area (Å²) in [5.74, 6) is -0.0807. The molecule has 0 aliphatic carbocycles. The van der Waals surface area contributed by atoms with Gasteiger partial charge in [-0.1, -0.05) is 6.42 Å². The van der Waals surface area contributed by atoms with Crippen LogP contribution in [0.3, 0.4) is 0 Å². The van der Waals surface area contributed by atoms with Gasteiger partial charge in [-0.2, -0.15) is 0 Å². The van der Waals surface area contributed by atoms with E-state index in [0.717, 1.165) is 25.8 Å². The first-order valence-electron chi connectivity index (χ1n) is 4.86. The highest BCUT2D eigenvalue weighted by molar-refractivity contribution is 5.72. The van der Waals surface area contributed by atoms with Crippen LogP contribution in [-0.2, 0) is 14.3 Å². The lowest BCUT2D eigenvalue weighted by Gasteiger charge is -2.13. The summed E-state index contributed by atoms with van der Waals surface area (Å²) in [7, 11) is 3.18. The van der Waals surface area contributed by atoms with Gasteiger partial charge in [0.2, 0.25) is 5.91 Å². The van der Waals surface area contributed by atoms with Crippen molar-refractivity contribution in [2.45, 2.75) is 32.6 Å². The van der Waals surface area contributed by atoms with Crippen LogP contribution >= 0.6 is 0 Å². The molecule has 0 N–H and O–H groups in total. The van der Waals surface area contributed by atoms with Gasteiger partial charge in [-0.3, -0.25) is 9.59 Å². The molecule has 0 saturated carbocycles. The molecule has 14 heavy (non-hydrogen) atoms. The van der Waals surface area contributed by atoms with Gasteiger partial charge in [0, 0.05) is 26.9 Å². The summed E-state index contributed by atoms with van der Waals surface area (Å²) in [6.45, 7) is 2.31. The van der Waals surface area contributed by atoms with E-state index in [0.29, 0.717) is 6.42 Å². The molecule has 0 aliphatic heterocycles. The van der Waals surface area contributed by atoms with Gasteiger partial charge in [0.15, 0.2) is 0 Å². The second kappa shape index (κ2) is 7.35. The average molecular weight is 201 g/mol. The number of ether oxygens (including phenoxy) is 1. The van der Waals surface area contributed by atoms with E-state index >= 15 is 0 Å². The lowest BCUT2D eigenvalue weighted by molar-refractivity contribution is -0.140. The molecule has 0 saturated heterocycles. The fraction of sp³-hybridized carbons (Fsp3) is 0.800. The molecule has 0 aromatic heterocycles. The number of rotatable bonds is 6. The summed E-state index contributed by atoms with van der Waals surface area (Å²) in [5.41, 5.74) is 0. The van der Waals surface area contributed by atoms with Crippen molar-refractivity contribution in [2.24, 2.45) is 0 Å². The lowest BCUT2D eigenvalue weighted by Crippen LogP contribution is -2.24. The normalized spacial score (nSPS) is 9.64. The van der Waals surface area contributed by atoms with Crippen molar-refractivity contribution in [3.8, 4) is 0 Å². The molecule has 0 radical (unpaired) electrons. The van der Waals surface area contributed by atoms with Gasteiger partial charge in [0.05, 0.1) is 7.11 Å². The standard InChI is InChI=1S/C10H19NO3/c1-9(12)11(2)8-6-4-5-7-10(13)14-3/h4-8H2,1-3H3. The molecule has 4 nitrogen and oxygen atoms in total. The number of hydrogen-bond donors (Lipinski definition) is 0. The highest BCUT2D eigenvalue weighted by atomic mass is 16.5. The van der Waals surface area contributed by atoms with Gasteiger partial charge in [-0.25, -0.2) is 0 Å². The van der Waals surface area contributed by atoms with E-state index in [9.17, 15) is 9.59 Å². The second-order valence-electron chi connectivity index (χ2n) is 3.33. The topological polar surface area (TPSA) is 46.6 Å². The largest absolute Gasteiger partial charge is 0.469 e. The Morgan fingerprint density at radius 2 is 1.86 bits per heavy atom. The molecular weight excluding hydrogens is 182 g/mol. The first-order chi connectivity index (χ1) is 6.57. The molecular formula is C10H19NO3. The van der Waals surface area contributed by atoms with Crippen LogP contribution in [0.25, 0.3) is 0 Å². The van der Waals surface area contributed by atoms with E-state index in [2.05, 4.69) is 4.74 Å². The van der Waals surface area contributed by atoms with Gasteiger partial charge < -0.3 is 9.64 Å². The van der Waals surface area contributed by atoms with Gasteiger partial charge in [0.1, 0.15) is 0 Å². The summed E-state index contributed by atoms with van der Waals surface area (Å²) in [6.07, 6.45) is 3.19. The lowest BCUT2D eigenvalue weighted by atomic mass is 10.2. The maximum Gasteiger partial charge on any atom is 0.305 e. The predicted octanol–water partition coefficient (Wildman–Crippen LogP) is 1.20. The van der Waals surface area contributed by atoms with Gasteiger partial charge in [-0.05, 0) is 12.8 Å². The summed E-state index contributed by atoms with van der Waals surface area (Å²) in [6, 6.07) is 0. The first kappa shape index (κ1) is 12.9. The third-order valence-electron chi connectivity index (χ3n) is 2.14. The van der Waals surface area contributed by atoms with Crippen molar-refractivity contribution in [2.75, 3.05) is 20.7 Å². The van der Waals surface area contributed by atoms with Crippen LogP contribution in [0.4, 0.5) is 0 Å². The molecule has 0 heterocycles. The minimum atomic E-state index is -0.162. The molecule has 0 bridgehead atoms. The van der Waals surface area contributed by atoms with Gasteiger partial charge in [0.25, 0.3) is 0 Å². The molecule has 0 aromatic carbocycles. The molecule has 82 valence electrons. The zero-order chi connectivity index (χ0) is 11.0. The second-order valence-corrected chi connectivity index (χ2v) is 3.33. The highest BCUT2D eigenvalue weighted by Crippen LogP contribution is 2.02. The number of carbonyl (C=O) groups is 2. The molecule has 0 fully saturated rings. The number of methoxy groups -OCH3 is 1. The molecule has 0 rings (SSSR count). The van der Waals surface area contributed by atoms with Gasteiger partial charge in [-0.15, -0.1) is 0 Å². The molecule has 1 amide bonds. The summed E-state index contributed by atoms with van der Waals surface area (Å²) < 4.78 is 4.51. The smallest absolute Gasteiger partial charge is 0.305 e. The maximum atomic E-state index is 10.8. The van der Waals surface area contributed by atoms with Crippen LogP contribution in [0.1, 0.15) is 32.6 Å². The van der Waals surface area contributed by atoms with E-state index in [1.165, 1.54) is 7.11 Å². The Bertz CT molecular complexity index is 192. The Morgan fingerprint density at radius 3 is 2.36 bits per heavy atom. The minimum Gasteiger partial charge on any atom is -0.469 e. The van der Waals surface area contributed by atoms with E-state index in [-0.39, 0.29) is 11.9 Å². The van der Waals surface area contributed by atoms with Crippen molar-refractivity contribution in [1.82, 2.24) is 4.90 Å². The fourth-order valence-electron chi connectivity index (χ4n) is 1.05. The Labute approximate surface area is 85.2 Å². The number of carbonyl (C=O) groups excluding carboxylic acids is 2. The quantitative estimate of drug-likeness (QED) is 0.479. The first-order valence-corrected chi connectivity index (χ1v) is 4.86. The number of unbranched alkanes of at least 4 members (excludes halogenated alkanes) is 2. The summed E-state index contributed by atoms with van der Waals surface area (Å²) >= 11 is 0. The van der Waals surface area contributed by atoms with Crippen molar-refractivity contribution in [1.29, 1.82) is 0 Å². The SMILES string of the molecule is COC(=O)CCCCCN(C)C(C)=O. The molecule has 0 aliphatic rings. The van der Waals surface area contributed by atoms with Gasteiger partial charge >= 0.3 is 5.97 Å². The Kier molecular flexibility index (Phi) is 6.80. The van der Waals surface area contributed by atoms with Crippen LogP contribution in [0.15, 0.2) is 0 Å². The zero-order valence-electron chi connectivity index (χ0n) is 9.21. The molecule has 4 heteroatoms. The Balaban J connectivity index is 3.30. The van der Waals surface area contributed by atoms with Crippen LogP contribution < -0.4 is 0 Å². The molecule has 0 atom stereocenters. The van der Waals surface area contributed by atoms with Crippen molar-refractivity contribution in [3.05, 3.63) is 0 Å². The van der Waals surface area contributed by atoms with Crippen LogP contribution in [0.2, 0.25) is 0 Å². The number of nitrogens with zero attached hydrogens (tertiary/aromatic N) is 1. The van der Waals surface area contributed by atoms with E-state index in [1.807, 2.05) is 0 Å². The third-order valence-corrected chi connectivity index (χ3v) is 2.14. The number of hydrogen-bond acceptors (Lipinski definition) is 3. The summed E-state index contributed by atoms with van der Waals surface area (Å²) in [4.78, 5) is 23.2. The van der Waals surface area contributed by atoms with Crippen LogP contribution in [-0.4, -0.2) is 37.5 Å². The number of amides is 1. The van der Waals surface area contributed by atoms with E-state index in [4.69, 9.17) is 0 Å². The van der Waals surface area contributed by atoms with E-state index < -0.39 is 0 Å².